The van der Waals surface area contributed by atoms with Crippen molar-refractivity contribution >= 4 is 34.6 Å². The summed E-state index contributed by atoms with van der Waals surface area (Å²) in [5, 5.41) is 9.39. The van der Waals surface area contributed by atoms with E-state index in [4.69, 9.17) is 16.3 Å². The average Bonchev–Trinajstić information content (AvgIpc) is 3.33. The number of H-pyrrole nitrogens is 1. The Kier molecular flexibility index (Phi) is 9.17. The van der Waals surface area contributed by atoms with Crippen LogP contribution in [0.15, 0.2) is 41.2 Å². The second kappa shape index (κ2) is 12.7. The third-order valence-corrected chi connectivity index (χ3v) is 8.87. The van der Waals surface area contributed by atoms with E-state index in [1.807, 2.05) is 38.4 Å². The maximum Gasteiger partial charge on any atom is 0.420 e. The van der Waals surface area contributed by atoms with Gasteiger partial charge < -0.3 is 29.5 Å². The van der Waals surface area contributed by atoms with Gasteiger partial charge in [0, 0.05) is 44.7 Å². The van der Waals surface area contributed by atoms with Crippen LogP contribution in [0.3, 0.4) is 0 Å². The van der Waals surface area contributed by atoms with Crippen LogP contribution in [0.4, 0.5) is 18.0 Å². The van der Waals surface area contributed by atoms with E-state index in [2.05, 4.69) is 9.88 Å². The number of para-hydroxylation sites is 2. The molecule has 2 aromatic carbocycles. The van der Waals surface area contributed by atoms with Crippen molar-refractivity contribution in [1.29, 1.82) is 0 Å². The summed E-state index contributed by atoms with van der Waals surface area (Å²) in [6.07, 6.45) is -5.09. The molecule has 0 unspecified atom stereocenters. The van der Waals surface area contributed by atoms with Crippen LogP contribution in [-0.2, 0) is 22.1 Å². The molecule has 2 N–H and O–H groups in total. The van der Waals surface area contributed by atoms with E-state index in [1.165, 1.54) is 4.90 Å². The van der Waals surface area contributed by atoms with Crippen LogP contribution in [0.5, 0.6) is 5.75 Å². The molecule has 1 atom stereocenters. The number of amides is 2. The molecular formula is C30H35ClF3N5O5. The second-order valence-electron chi connectivity index (χ2n) is 11.6. The summed E-state index contributed by atoms with van der Waals surface area (Å²) in [6, 6.07) is 9.33. The Balaban J connectivity index is 1.32. The molecular weight excluding hydrogens is 603 g/mol. The SMILES string of the molecule is CN(C)C1CCN(C(=O)[C@@H](Cc2cc(Cl)c(O)c(C(F)(F)F)c2)OC(=O)N2CCC(n3c(=O)[nH]c4ccccc43)CC2)CC1. The maximum atomic E-state index is 13.7. The number of carbonyl (C=O) groups is 2. The number of alkyl halides is 3. The highest BCUT2D eigenvalue weighted by Gasteiger charge is 2.38. The van der Waals surface area contributed by atoms with Gasteiger partial charge in [-0.3, -0.25) is 9.36 Å². The smallest absolute Gasteiger partial charge is 0.420 e. The van der Waals surface area contributed by atoms with E-state index < -0.39 is 40.6 Å². The van der Waals surface area contributed by atoms with Crippen LogP contribution in [-0.4, -0.2) is 93.8 Å². The molecule has 2 aliphatic heterocycles. The quantitative estimate of drug-likeness (QED) is 0.407. The lowest BCUT2D eigenvalue weighted by Crippen LogP contribution is -2.50. The summed E-state index contributed by atoms with van der Waals surface area (Å²) >= 11 is 5.92. The number of hydrogen-bond donors (Lipinski definition) is 2. The van der Waals surface area contributed by atoms with Crippen LogP contribution < -0.4 is 5.69 Å². The molecule has 0 spiro atoms. The summed E-state index contributed by atoms with van der Waals surface area (Å²) in [7, 11) is 3.91. The number of ether oxygens (including phenoxy) is 1. The van der Waals surface area contributed by atoms with Crippen molar-refractivity contribution in [3.8, 4) is 5.75 Å². The number of carbonyl (C=O) groups excluding carboxylic acids is 2. The number of nitrogens with zero attached hydrogens (tertiary/aromatic N) is 4. The summed E-state index contributed by atoms with van der Waals surface area (Å²) in [4.78, 5) is 47.6. The Morgan fingerprint density at radius 3 is 2.34 bits per heavy atom. The van der Waals surface area contributed by atoms with Gasteiger partial charge in [-0.1, -0.05) is 23.7 Å². The molecule has 0 bridgehead atoms. The molecule has 2 fully saturated rings. The lowest BCUT2D eigenvalue weighted by molar-refractivity contribution is -0.142. The lowest BCUT2D eigenvalue weighted by atomic mass is 10.0. The van der Waals surface area contributed by atoms with Crippen LogP contribution in [0.25, 0.3) is 11.0 Å². The second-order valence-corrected chi connectivity index (χ2v) is 12.0. The number of hydrogen-bond acceptors (Lipinski definition) is 6. The fourth-order valence-electron chi connectivity index (χ4n) is 6.13. The summed E-state index contributed by atoms with van der Waals surface area (Å²) in [6.45, 7) is 1.33. The largest absolute Gasteiger partial charge is 0.506 e. The number of benzene rings is 2. The van der Waals surface area contributed by atoms with Gasteiger partial charge in [0.05, 0.1) is 21.6 Å². The Bertz CT molecular complexity index is 1570. The van der Waals surface area contributed by atoms with Crippen LogP contribution in [0.1, 0.15) is 42.9 Å². The van der Waals surface area contributed by atoms with Crippen molar-refractivity contribution in [2.24, 2.45) is 0 Å². The van der Waals surface area contributed by atoms with Crippen LogP contribution in [0, 0.1) is 0 Å². The number of halogens is 4. The standard InChI is InChI=1S/C30H35ClF3N5O5/c1-36(2)19-7-11-37(12-8-19)27(41)25(17-18-15-21(30(32,33)34)26(40)22(31)16-18)44-29(43)38-13-9-20(10-14-38)39-24-6-4-3-5-23(24)35-28(39)42/h3-6,15-16,19-20,25,40H,7-14,17H2,1-2H3,(H,35,42)/t25-/m1/s1. The molecule has 1 aromatic heterocycles. The van der Waals surface area contributed by atoms with Gasteiger partial charge in [-0.15, -0.1) is 0 Å². The van der Waals surface area contributed by atoms with Crippen molar-refractivity contribution in [3.63, 3.8) is 0 Å². The number of nitrogens with one attached hydrogen (secondary N) is 1. The number of likely N-dealkylation sites (tertiary alicyclic amines) is 2. The molecule has 2 saturated heterocycles. The molecule has 44 heavy (non-hydrogen) atoms. The summed E-state index contributed by atoms with van der Waals surface area (Å²) in [5.74, 6) is -1.61. The number of imidazole rings is 1. The predicted molar refractivity (Wildman–Crippen MR) is 158 cm³/mol. The van der Waals surface area contributed by atoms with E-state index in [1.54, 1.807) is 9.47 Å². The number of fused-ring (bicyclic) bond motifs is 1. The van der Waals surface area contributed by atoms with E-state index in [0.29, 0.717) is 38.8 Å². The molecule has 3 heterocycles. The first kappa shape index (κ1) is 31.7. The molecule has 10 nitrogen and oxygen atoms in total. The predicted octanol–water partition coefficient (Wildman–Crippen LogP) is 4.64. The van der Waals surface area contributed by atoms with Gasteiger partial charge in [-0.25, -0.2) is 9.59 Å². The van der Waals surface area contributed by atoms with Crippen molar-refractivity contribution in [1.82, 2.24) is 24.3 Å². The Morgan fingerprint density at radius 2 is 1.70 bits per heavy atom. The summed E-state index contributed by atoms with van der Waals surface area (Å²) in [5.41, 5.74) is -0.0844. The Labute approximate surface area is 256 Å². The van der Waals surface area contributed by atoms with Crippen molar-refractivity contribution in [3.05, 3.63) is 63.0 Å². The van der Waals surface area contributed by atoms with Gasteiger partial charge >= 0.3 is 18.0 Å². The Morgan fingerprint density at radius 1 is 1.07 bits per heavy atom. The highest BCUT2D eigenvalue weighted by molar-refractivity contribution is 6.32. The first-order valence-corrected chi connectivity index (χ1v) is 14.9. The molecule has 0 aliphatic carbocycles. The van der Waals surface area contributed by atoms with Gasteiger partial charge in [0.15, 0.2) is 6.10 Å². The average molecular weight is 638 g/mol. The molecule has 238 valence electrons. The third kappa shape index (κ3) is 6.68. The maximum absolute atomic E-state index is 13.7. The van der Waals surface area contributed by atoms with Crippen LogP contribution >= 0.6 is 11.6 Å². The first-order valence-electron chi connectivity index (χ1n) is 14.5. The molecule has 3 aromatic rings. The highest BCUT2D eigenvalue weighted by atomic mass is 35.5. The minimum absolute atomic E-state index is 0.00753. The number of piperidine rings is 2. The molecule has 2 amide bonds. The molecule has 2 aliphatic rings. The number of aromatic nitrogens is 2. The third-order valence-electron chi connectivity index (χ3n) is 8.59. The number of phenolic OH excluding ortho intramolecular Hbond substituents is 1. The lowest BCUT2D eigenvalue weighted by Gasteiger charge is -2.37. The number of aromatic hydroxyl groups is 1. The van der Waals surface area contributed by atoms with E-state index in [-0.39, 0.29) is 42.8 Å². The molecule has 0 radical (unpaired) electrons. The topological polar surface area (TPSA) is 111 Å². The molecule has 0 saturated carbocycles. The van der Waals surface area contributed by atoms with E-state index in [0.717, 1.165) is 23.2 Å². The van der Waals surface area contributed by atoms with E-state index in [9.17, 15) is 32.7 Å². The number of aromatic amines is 1. The molecule has 14 heteroatoms. The monoisotopic (exact) mass is 637 g/mol. The van der Waals surface area contributed by atoms with Crippen molar-refractivity contribution in [2.75, 3.05) is 40.3 Å². The minimum atomic E-state index is -4.88. The summed E-state index contributed by atoms with van der Waals surface area (Å²) < 4.78 is 48.2. The van der Waals surface area contributed by atoms with Gasteiger partial charge in [0.1, 0.15) is 5.75 Å². The van der Waals surface area contributed by atoms with Crippen LogP contribution in [0.2, 0.25) is 5.02 Å². The van der Waals surface area contributed by atoms with Crippen molar-refractivity contribution < 1.29 is 32.6 Å². The van der Waals surface area contributed by atoms with Gasteiger partial charge in [0.2, 0.25) is 0 Å². The zero-order valence-electron chi connectivity index (χ0n) is 24.4. The number of phenols is 1. The van der Waals surface area contributed by atoms with Gasteiger partial charge in [0.25, 0.3) is 5.91 Å². The minimum Gasteiger partial charge on any atom is -0.506 e. The zero-order chi connectivity index (χ0) is 31.8. The fourth-order valence-corrected chi connectivity index (χ4v) is 6.37. The normalized spacial score (nSPS) is 17.8. The van der Waals surface area contributed by atoms with Gasteiger partial charge in [-0.2, -0.15) is 13.2 Å². The first-order chi connectivity index (χ1) is 20.8. The highest BCUT2D eigenvalue weighted by Crippen LogP contribution is 2.40. The van der Waals surface area contributed by atoms with E-state index >= 15 is 0 Å². The molecule has 5 rings (SSSR count). The fraction of sp³-hybridized carbons (Fsp3) is 0.500. The number of rotatable bonds is 6. The van der Waals surface area contributed by atoms with Crippen molar-refractivity contribution in [2.45, 2.75) is 56.5 Å². The Hall–Kier alpha value is -3.71. The van der Waals surface area contributed by atoms with Gasteiger partial charge in [-0.05, 0) is 69.6 Å². The zero-order valence-corrected chi connectivity index (χ0v) is 25.2.